The highest BCUT2D eigenvalue weighted by Gasteiger charge is 2.41. The van der Waals surface area contributed by atoms with Crippen LogP contribution < -0.4 is 5.32 Å². The normalized spacial score (nSPS) is 24.5. The lowest BCUT2D eigenvalue weighted by Gasteiger charge is -2.46. The fraction of sp³-hybridized carbons (Fsp3) is 0.714. The van der Waals surface area contributed by atoms with Gasteiger partial charge in [-0.2, -0.15) is 0 Å². The second kappa shape index (κ2) is 4.71. The molecule has 0 bridgehead atoms. The first-order chi connectivity index (χ1) is 8.30. The molecule has 0 atom stereocenters. The lowest BCUT2D eigenvalue weighted by atomic mass is 9.66. The largest absolute Gasteiger partial charge is 0.314 e. The highest BCUT2D eigenvalue weighted by Crippen LogP contribution is 2.47. The van der Waals surface area contributed by atoms with Crippen molar-refractivity contribution in [2.45, 2.75) is 31.6 Å². The van der Waals surface area contributed by atoms with Gasteiger partial charge in [0.15, 0.2) is 0 Å². The van der Waals surface area contributed by atoms with Crippen molar-refractivity contribution in [1.82, 2.24) is 10.2 Å². The molecule has 2 fully saturated rings. The second-order valence-corrected chi connectivity index (χ2v) is 6.51. The van der Waals surface area contributed by atoms with E-state index in [0.29, 0.717) is 5.41 Å². The standard InChI is InChI=1S/C14H22N2S/c1-12-3-10-17-13(12)14(4-2-5-14)11-16-8-6-15-7-9-16/h3,10,15H,2,4-9,11H2,1H3. The smallest absolute Gasteiger partial charge is 0.0177 e. The molecule has 1 aliphatic carbocycles. The van der Waals surface area contributed by atoms with Crippen LogP contribution in [0.2, 0.25) is 0 Å². The van der Waals surface area contributed by atoms with E-state index in [1.54, 1.807) is 4.88 Å². The van der Waals surface area contributed by atoms with Gasteiger partial charge in [-0.3, -0.25) is 4.90 Å². The van der Waals surface area contributed by atoms with E-state index < -0.39 is 0 Å². The Morgan fingerprint density at radius 2 is 2.12 bits per heavy atom. The zero-order valence-corrected chi connectivity index (χ0v) is 11.5. The number of thiophene rings is 1. The Hall–Kier alpha value is -0.380. The third kappa shape index (κ3) is 2.16. The molecule has 2 heterocycles. The summed E-state index contributed by atoms with van der Waals surface area (Å²) in [6, 6.07) is 2.29. The maximum absolute atomic E-state index is 3.44. The number of nitrogens with one attached hydrogen (secondary N) is 1. The maximum Gasteiger partial charge on any atom is 0.0177 e. The number of piperazine rings is 1. The molecule has 17 heavy (non-hydrogen) atoms. The Kier molecular flexibility index (Phi) is 3.24. The minimum Gasteiger partial charge on any atom is -0.314 e. The van der Waals surface area contributed by atoms with Crippen molar-refractivity contribution in [1.29, 1.82) is 0 Å². The molecule has 0 spiro atoms. The Balaban J connectivity index is 1.75. The van der Waals surface area contributed by atoms with Crippen LogP contribution >= 0.6 is 11.3 Å². The van der Waals surface area contributed by atoms with Crippen molar-refractivity contribution in [3.8, 4) is 0 Å². The van der Waals surface area contributed by atoms with Crippen LogP contribution in [-0.2, 0) is 5.41 Å². The highest BCUT2D eigenvalue weighted by atomic mass is 32.1. The fourth-order valence-corrected chi connectivity index (χ4v) is 4.45. The van der Waals surface area contributed by atoms with Gasteiger partial charge in [0.25, 0.3) is 0 Å². The first kappa shape index (κ1) is 11.7. The van der Waals surface area contributed by atoms with Crippen LogP contribution in [0.1, 0.15) is 29.7 Å². The molecule has 1 aromatic heterocycles. The molecule has 3 rings (SSSR count). The van der Waals surface area contributed by atoms with Gasteiger partial charge in [-0.15, -0.1) is 11.3 Å². The van der Waals surface area contributed by atoms with Gasteiger partial charge in [0.05, 0.1) is 0 Å². The molecule has 2 nitrogen and oxygen atoms in total. The number of aryl methyl sites for hydroxylation is 1. The average Bonchev–Trinajstić information content (AvgIpc) is 2.72. The summed E-state index contributed by atoms with van der Waals surface area (Å²) >= 11 is 1.98. The summed E-state index contributed by atoms with van der Waals surface area (Å²) < 4.78 is 0. The molecule has 94 valence electrons. The van der Waals surface area contributed by atoms with Crippen LogP contribution in [0.4, 0.5) is 0 Å². The van der Waals surface area contributed by atoms with E-state index in [2.05, 4.69) is 28.6 Å². The van der Waals surface area contributed by atoms with E-state index in [9.17, 15) is 0 Å². The quantitative estimate of drug-likeness (QED) is 0.886. The highest BCUT2D eigenvalue weighted by molar-refractivity contribution is 7.10. The predicted octanol–water partition coefficient (Wildman–Crippen LogP) is 2.38. The minimum absolute atomic E-state index is 0.510. The van der Waals surface area contributed by atoms with Gasteiger partial charge < -0.3 is 5.32 Å². The number of rotatable bonds is 3. The van der Waals surface area contributed by atoms with Gasteiger partial charge in [-0.1, -0.05) is 6.42 Å². The molecule has 0 unspecified atom stereocenters. The van der Waals surface area contributed by atoms with Crippen LogP contribution in [0.3, 0.4) is 0 Å². The first-order valence-corrected chi connectivity index (χ1v) is 7.66. The van der Waals surface area contributed by atoms with Gasteiger partial charge in [0, 0.05) is 43.0 Å². The third-order valence-electron chi connectivity index (χ3n) is 4.39. The van der Waals surface area contributed by atoms with E-state index in [1.807, 2.05) is 11.3 Å². The summed E-state index contributed by atoms with van der Waals surface area (Å²) in [5.41, 5.74) is 2.03. The van der Waals surface area contributed by atoms with Crippen molar-refractivity contribution in [3.63, 3.8) is 0 Å². The first-order valence-electron chi connectivity index (χ1n) is 6.78. The third-order valence-corrected chi connectivity index (χ3v) is 5.65. The summed E-state index contributed by atoms with van der Waals surface area (Å²) in [7, 11) is 0. The number of nitrogens with zero attached hydrogens (tertiary/aromatic N) is 1. The zero-order chi connectivity index (χ0) is 11.7. The van der Waals surface area contributed by atoms with Crippen molar-refractivity contribution >= 4 is 11.3 Å². The molecule has 1 saturated carbocycles. The van der Waals surface area contributed by atoms with Crippen LogP contribution in [0.5, 0.6) is 0 Å². The lowest BCUT2D eigenvalue weighted by Crippen LogP contribution is -2.51. The van der Waals surface area contributed by atoms with Gasteiger partial charge in [-0.25, -0.2) is 0 Å². The van der Waals surface area contributed by atoms with Crippen LogP contribution in [0, 0.1) is 6.92 Å². The topological polar surface area (TPSA) is 15.3 Å². The van der Waals surface area contributed by atoms with Crippen LogP contribution in [0.25, 0.3) is 0 Å². The van der Waals surface area contributed by atoms with Crippen LogP contribution in [0.15, 0.2) is 11.4 Å². The predicted molar refractivity (Wildman–Crippen MR) is 73.9 cm³/mol. The Bertz CT molecular complexity index is 375. The maximum atomic E-state index is 3.44. The molecule has 0 amide bonds. The molecule has 0 radical (unpaired) electrons. The molecule has 1 aromatic rings. The number of hydrogen-bond acceptors (Lipinski definition) is 3. The van der Waals surface area contributed by atoms with Gasteiger partial charge >= 0.3 is 0 Å². The van der Waals surface area contributed by atoms with Crippen molar-refractivity contribution in [3.05, 3.63) is 21.9 Å². The molecular formula is C14H22N2S. The molecule has 1 aliphatic heterocycles. The SMILES string of the molecule is Cc1ccsc1C1(CN2CCNCC2)CCC1. The molecule has 0 aromatic carbocycles. The molecule has 1 saturated heterocycles. The zero-order valence-electron chi connectivity index (χ0n) is 10.7. The molecular weight excluding hydrogens is 228 g/mol. The lowest BCUT2D eigenvalue weighted by molar-refractivity contribution is 0.130. The van der Waals surface area contributed by atoms with Crippen LogP contribution in [-0.4, -0.2) is 37.6 Å². The Labute approximate surface area is 108 Å². The van der Waals surface area contributed by atoms with E-state index in [0.717, 1.165) is 0 Å². The van der Waals surface area contributed by atoms with Gasteiger partial charge in [-0.05, 0) is 36.8 Å². The molecule has 2 aliphatic rings. The Morgan fingerprint density at radius 1 is 1.35 bits per heavy atom. The second-order valence-electron chi connectivity index (χ2n) is 5.59. The van der Waals surface area contributed by atoms with E-state index >= 15 is 0 Å². The van der Waals surface area contributed by atoms with E-state index in [1.165, 1.54) is 57.5 Å². The fourth-order valence-electron chi connectivity index (χ4n) is 3.27. The minimum atomic E-state index is 0.510. The van der Waals surface area contributed by atoms with Crippen molar-refractivity contribution < 1.29 is 0 Å². The van der Waals surface area contributed by atoms with Crippen molar-refractivity contribution in [2.75, 3.05) is 32.7 Å². The summed E-state index contributed by atoms with van der Waals surface area (Å²) in [6.07, 6.45) is 4.22. The van der Waals surface area contributed by atoms with Gasteiger partial charge in [0.1, 0.15) is 0 Å². The van der Waals surface area contributed by atoms with E-state index in [4.69, 9.17) is 0 Å². The Morgan fingerprint density at radius 3 is 2.65 bits per heavy atom. The molecule has 1 N–H and O–H groups in total. The summed E-state index contributed by atoms with van der Waals surface area (Å²) in [5, 5.41) is 5.71. The molecule has 3 heteroatoms. The average molecular weight is 250 g/mol. The van der Waals surface area contributed by atoms with E-state index in [-0.39, 0.29) is 0 Å². The summed E-state index contributed by atoms with van der Waals surface area (Å²) in [5.74, 6) is 0. The number of hydrogen-bond donors (Lipinski definition) is 1. The van der Waals surface area contributed by atoms with Gasteiger partial charge in [0.2, 0.25) is 0 Å². The summed E-state index contributed by atoms with van der Waals surface area (Å²) in [6.45, 7) is 8.36. The summed E-state index contributed by atoms with van der Waals surface area (Å²) in [4.78, 5) is 4.33. The monoisotopic (exact) mass is 250 g/mol. The van der Waals surface area contributed by atoms with Crippen molar-refractivity contribution in [2.24, 2.45) is 0 Å².